The van der Waals surface area contributed by atoms with Gasteiger partial charge in [-0.1, -0.05) is 26.8 Å². The van der Waals surface area contributed by atoms with E-state index in [4.69, 9.17) is 0 Å². The largest absolute Gasteiger partial charge is 0.507 e. The Kier molecular flexibility index (Phi) is 3.29. The number of hydrogen-bond donors (Lipinski definition) is 1. The van der Waals surface area contributed by atoms with Crippen LogP contribution >= 0.6 is 0 Å². The Morgan fingerprint density at radius 1 is 1.29 bits per heavy atom. The van der Waals surface area contributed by atoms with Crippen molar-refractivity contribution in [2.24, 2.45) is 5.41 Å². The first kappa shape index (κ1) is 16.4. The molecule has 0 amide bonds. The first-order valence-electron chi connectivity index (χ1n) is 8.14. The summed E-state index contributed by atoms with van der Waals surface area (Å²) in [6, 6.07) is 3.84. The van der Waals surface area contributed by atoms with Gasteiger partial charge in [0.1, 0.15) is 17.4 Å². The second-order valence-corrected chi connectivity index (χ2v) is 8.18. The zero-order valence-electron chi connectivity index (χ0n) is 14.7. The highest BCUT2D eigenvalue weighted by Gasteiger charge is 2.48. The highest BCUT2D eigenvalue weighted by atomic mass is 16.3. The maximum Gasteiger partial charge on any atom is 0.179 e. The van der Waals surface area contributed by atoms with E-state index in [-0.39, 0.29) is 28.5 Å². The number of carbonyl (C=O) groups is 2. The van der Waals surface area contributed by atoms with Crippen molar-refractivity contribution < 1.29 is 14.7 Å². The number of phenolic OH excluding ortho intramolecular Hbond substituents is 1. The number of rotatable bonds is 1. The normalized spacial score (nSPS) is 19.9. The Bertz CT molecular complexity index is 874. The molecular formula is C20H21NO3. The molecule has 4 heteroatoms. The van der Waals surface area contributed by atoms with Crippen molar-refractivity contribution in [3.05, 3.63) is 33.9 Å². The fourth-order valence-electron chi connectivity index (χ4n) is 3.57. The van der Waals surface area contributed by atoms with Crippen LogP contribution in [0.4, 0.5) is 0 Å². The molecule has 3 rings (SSSR count). The Balaban J connectivity index is 2.38. The van der Waals surface area contributed by atoms with Crippen molar-refractivity contribution in [2.75, 3.05) is 0 Å². The smallest absolute Gasteiger partial charge is 0.179 e. The fraction of sp³-hybridized carbons (Fsp3) is 0.450. The summed E-state index contributed by atoms with van der Waals surface area (Å²) in [5.74, 6) is -0.464. The van der Waals surface area contributed by atoms with Crippen LogP contribution in [0.1, 0.15) is 56.9 Å². The van der Waals surface area contributed by atoms with E-state index in [0.717, 1.165) is 24.0 Å². The van der Waals surface area contributed by atoms with E-state index in [1.165, 1.54) is 0 Å². The van der Waals surface area contributed by atoms with E-state index >= 15 is 0 Å². The number of nitrogens with zero attached hydrogens (tertiary/aromatic N) is 1. The lowest BCUT2D eigenvalue weighted by Gasteiger charge is -2.26. The minimum absolute atomic E-state index is 0.0991. The lowest BCUT2D eigenvalue weighted by atomic mass is 9.79. The van der Waals surface area contributed by atoms with Gasteiger partial charge in [-0.15, -0.1) is 0 Å². The topological polar surface area (TPSA) is 78.2 Å². The molecule has 0 saturated carbocycles. The predicted molar refractivity (Wildman–Crippen MR) is 90.5 cm³/mol. The monoisotopic (exact) mass is 323 g/mol. The number of benzene rings is 1. The lowest BCUT2D eigenvalue weighted by Crippen LogP contribution is -2.27. The van der Waals surface area contributed by atoms with Crippen molar-refractivity contribution >= 4 is 17.1 Å². The van der Waals surface area contributed by atoms with Gasteiger partial charge in [-0.2, -0.15) is 5.26 Å². The molecule has 1 N–H and O–H groups in total. The minimum Gasteiger partial charge on any atom is -0.507 e. The van der Waals surface area contributed by atoms with Crippen molar-refractivity contribution in [3.8, 4) is 11.8 Å². The van der Waals surface area contributed by atoms with E-state index in [2.05, 4.69) is 0 Å². The van der Waals surface area contributed by atoms with Crippen LogP contribution in [0.5, 0.6) is 5.75 Å². The molecule has 0 heterocycles. The van der Waals surface area contributed by atoms with Crippen LogP contribution < -0.4 is 0 Å². The van der Waals surface area contributed by atoms with Crippen molar-refractivity contribution in [1.82, 2.24) is 0 Å². The summed E-state index contributed by atoms with van der Waals surface area (Å²) < 4.78 is 0. The molecule has 0 unspecified atom stereocenters. The predicted octanol–water partition coefficient (Wildman–Crippen LogP) is 3.24. The second-order valence-electron chi connectivity index (χ2n) is 8.18. The average Bonchev–Trinajstić information content (AvgIpc) is 2.62. The quantitative estimate of drug-likeness (QED) is 0.635. The number of allylic oxidation sites excluding steroid dienone is 2. The van der Waals surface area contributed by atoms with E-state index in [0.29, 0.717) is 11.1 Å². The highest BCUT2D eigenvalue weighted by molar-refractivity contribution is 6.35. The minimum atomic E-state index is -0.945. The lowest BCUT2D eigenvalue weighted by molar-refractivity contribution is -0.122. The molecule has 0 aromatic heterocycles. The average molecular weight is 323 g/mol. The van der Waals surface area contributed by atoms with Gasteiger partial charge >= 0.3 is 0 Å². The molecule has 24 heavy (non-hydrogen) atoms. The van der Waals surface area contributed by atoms with E-state index < -0.39 is 10.8 Å². The Labute approximate surface area is 141 Å². The van der Waals surface area contributed by atoms with Gasteiger partial charge in [-0.25, -0.2) is 0 Å². The SMILES string of the molecule is CC(C)(C)C(=O)C(C#N)=C1C(=O)C(C)(C)c2c1cc1c(c2O)CC1. The van der Waals surface area contributed by atoms with Crippen LogP contribution in [0.3, 0.4) is 0 Å². The first-order chi connectivity index (χ1) is 11.0. The second kappa shape index (κ2) is 4.80. The summed E-state index contributed by atoms with van der Waals surface area (Å²) in [5.41, 5.74) is 1.35. The molecule has 2 aliphatic carbocycles. The van der Waals surface area contributed by atoms with Gasteiger partial charge in [-0.05, 0) is 43.4 Å². The van der Waals surface area contributed by atoms with Crippen LogP contribution in [-0.4, -0.2) is 16.7 Å². The number of nitriles is 1. The molecule has 0 aliphatic heterocycles. The third-order valence-electron chi connectivity index (χ3n) is 5.10. The Morgan fingerprint density at radius 3 is 2.38 bits per heavy atom. The summed E-state index contributed by atoms with van der Waals surface area (Å²) in [4.78, 5) is 25.7. The van der Waals surface area contributed by atoms with E-state index in [9.17, 15) is 20.0 Å². The number of hydrogen-bond acceptors (Lipinski definition) is 4. The van der Waals surface area contributed by atoms with Crippen molar-refractivity contribution in [3.63, 3.8) is 0 Å². The molecule has 0 fully saturated rings. The molecule has 0 bridgehead atoms. The van der Waals surface area contributed by atoms with E-state index in [1.54, 1.807) is 34.6 Å². The van der Waals surface area contributed by atoms with Gasteiger partial charge in [0.25, 0.3) is 0 Å². The molecular weight excluding hydrogens is 302 g/mol. The third-order valence-corrected chi connectivity index (χ3v) is 5.10. The molecule has 2 aliphatic rings. The maximum absolute atomic E-state index is 13.0. The number of phenols is 1. The molecule has 124 valence electrons. The van der Waals surface area contributed by atoms with Crippen molar-refractivity contribution in [2.45, 2.75) is 52.9 Å². The molecule has 1 aromatic rings. The molecule has 0 saturated heterocycles. The summed E-state index contributed by atoms with van der Waals surface area (Å²) in [6.45, 7) is 8.67. The Morgan fingerprint density at radius 2 is 1.92 bits per heavy atom. The van der Waals surface area contributed by atoms with Gasteiger partial charge in [0.2, 0.25) is 0 Å². The number of ketones is 2. The summed E-state index contributed by atoms with van der Waals surface area (Å²) >= 11 is 0. The molecule has 1 aromatic carbocycles. The van der Waals surface area contributed by atoms with Crippen LogP contribution in [0, 0.1) is 16.7 Å². The van der Waals surface area contributed by atoms with Gasteiger partial charge in [0, 0.05) is 16.6 Å². The Hall–Kier alpha value is -2.41. The van der Waals surface area contributed by atoms with Crippen LogP contribution in [0.25, 0.3) is 5.57 Å². The highest BCUT2D eigenvalue weighted by Crippen LogP contribution is 2.52. The molecule has 0 radical (unpaired) electrons. The number of carbonyl (C=O) groups excluding carboxylic acids is 2. The van der Waals surface area contributed by atoms with Gasteiger partial charge < -0.3 is 5.11 Å². The summed E-state index contributed by atoms with van der Waals surface area (Å²) in [6.07, 6.45) is 1.64. The number of aromatic hydroxyl groups is 1. The van der Waals surface area contributed by atoms with E-state index in [1.807, 2.05) is 12.1 Å². The summed E-state index contributed by atoms with van der Waals surface area (Å²) in [5, 5.41) is 20.2. The standard InChI is InChI=1S/C20H21NO3/c1-19(2,3)17(23)13(9-21)14-12-8-10-6-7-11(10)16(22)15(12)20(4,5)18(14)24/h8,22H,6-7H2,1-5H3. The zero-order chi connectivity index (χ0) is 18.0. The molecule has 0 spiro atoms. The zero-order valence-corrected chi connectivity index (χ0v) is 14.7. The van der Waals surface area contributed by atoms with Crippen LogP contribution in [-0.2, 0) is 27.8 Å². The van der Waals surface area contributed by atoms with Crippen molar-refractivity contribution in [1.29, 1.82) is 5.26 Å². The number of aryl methyl sites for hydroxylation is 1. The van der Waals surface area contributed by atoms with Gasteiger partial charge in [0.05, 0.1) is 5.41 Å². The van der Waals surface area contributed by atoms with Gasteiger partial charge in [-0.3, -0.25) is 9.59 Å². The number of fused-ring (bicyclic) bond motifs is 2. The molecule has 4 nitrogen and oxygen atoms in total. The fourth-order valence-corrected chi connectivity index (χ4v) is 3.57. The maximum atomic E-state index is 13.0. The van der Waals surface area contributed by atoms with Crippen LogP contribution in [0.2, 0.25) is 0 Å². The van der Waals surface area contributed by atoms with Gasteiger partial charge in [0.15, 0.2) is 11.6 Å². The van der Waals surface area contributed by atoms with Crippen LogP contribution in [0.15, 0.2) is 11.6 Å². The third kappa shape index (κ3) is 1.97. The number of Topliss-reactive ketones (excluding diaryl/α,β-unsaturated/α-hetero) is 2. The summed E-state index contributed by atoms with van der Waals surface area (Å²) in [7, 11) is 0. The molecule has 0 atom stereocenters. The first-order valence-corrected chi connectivity index (χ1v) is 8.14.